The third-order valence-electron chi connectivity index (χ3n) is 4.43. The molecule has 9 heteroatoms. The Morgan fingerprint density at radius 3 is 2.42 bits per heavy atom. The van der Waals surface area contributed by atoms with Crippen LogP contribution in [0.15, 0.2) is 59.2 Å². The topological polar surface area (TPSA) is 75.8 Å². The Bertz CT molecular complexity index is 1020. The van der Waals surface area contributed by atoms with Crippen LogP contribution in [0.2, 0.25) is 0 Å². The predicted octanol–water partition coefficient (Wildman–Crippen LogP) is 4.99. The normalized spacial score (nSPS) is 11.6. The van der Waals surface area contributed by atoms with Crippen molar-refractivity contribution in [3.63, 3.8) is 0 Å². The molecule has 6 nitrogen and oxygen atoms in total. The number of carboxylic acid groups (broad SMARTS) is 1. The summed E-state index contributed by atoms with van der Waals surface area (Å²) >= 11 is 0. The highest BCUT2D eigenvalue weighted by Gasteiger charge is 2.30. The summed E-state index contributed by atoms with van der Waals surface area (Å²) in [7, 11) is 0. The molecule has 0 aliphatic carbocycles. The van der Waals surface area contributed by atoms with Gasteiger partial charge in [0.2, 0.25) is 5.89 Å². The van der Waals surface area contributed by atoms with Crippen molar-refractivity contribution in [1.82, 2.24) is 9.88 Å². The maximum Gasteiger partial charge on any atom is 0.416 e. The summed E-state index contributed by atoms with van der Waals surface area (Å²) in [5.41, 5.74) is 0.414. The van der Waals surface area contributed by atoms with E-state index in [-0.39, 0.29) is 24.7 Å². The Labute approximate surface area is 176 Å². The Morgan fingerprint density at radius 2 is 1.81 bits per heavy atom. The number of aromatic carboxylic acids is 1. The SMILES string of the molecule is CCOc1ccc(CN(Cc2cccc(C(F)(F)F)c2)Cc2nc(C(=O)O)co2)cc1. The lowest BCUT2D eigenvalue weighted by Crippen LogP contribution is -2.23. The number of aromatic nitrogens is 1. The van der Waals surface area contributed by atoms with Gasteiger partial charge < -0.3 is 14.3 Å². The molecule has 0 unspecified atom stereocenters. The Morgan fingerprint density at radius 1 is 1.10 bits per heavy atom. The van der Waals surface area contributed by atoms with Crippen LogP contribution >= 0.6 is 0 Å². The Balaban J connectivity index is 1.81. The standard InChI is InChI=1S/C22H21F3N2O4/c1-2-30-18-8-6-15(7-9-18)11-27(13-20-26-19(14-31-20)21(28)29)12-16-4-3-5-17(10-16)22(23,24)25/h3-10,14H,2,11-13H2,1H3,(H,28,29). The molecule has 0 saturated heterocycles. The first-order chi connectivity index (χ1) is 14.7. The molecule has 3 aromatic rings. The quantitative estimate of drug-likeness (QED) is 0.511. The largest absolute Gasteiger partial charge is 0.494 e. The monoisotopic (exact) mass is 434 g/mol. The number of carbonyl (C=O) groups is 1. The number of benzene rings is 2. The summed E-state index contributed by atoms with van der Waals surface area (Å²) < 4.78 is 49.9. The molecule has 31 heavy (non-hydrogen) atoms. The van der Waals surface area contributed by atoms with E-state index in [9.17, 15) is 18.0 Å². The van der Waals surface area contributed by atoms with Crippen molar-refractivity contribution in [1.29, 1.82) is 0 Å². The molecule has 0 amide bonds. The molecule has 1 heterocycles. The number of ether oxygens (including phenoxy) is 1. The van der Waals surface area contributed by atoms with Crippen molar-refractivity contribution in [2.24, 2.45) is 0 Å². The molecular weight excluding hydrogens is 413 g/mol. The predicted molar refractivity (Wildman–Crippen MR) is 105 cm³/mol. The average Bonchev–Trinajstić information content (AvgIpc) is 3.18. The van der Waals surface area contributed by atoms with Crippen LogP contribution in [0.3, 0.4) is 0 Å². The second-order valence-corrected chi connectivity index (χ2v) is 6.85. The first kappa shape index (κ1) is 22.4. The van der Waals surface area contributed by atoms with Crippen molar-refractivity contribution >= 4 is 5.97 Å². The molecule has 0 aliphatic rings. The van der Waals surface area contributed by atoms with Crippen molar-refractivity contribution < 1.29 is 32.2 Å². The van der Waals surface area contributed by atoms with Crippen LogP contribution < -0.4 is 4.74 Å². The molecule has 3 rings (SSSR count). The molecule has 0 saturated carbocycles. The van der Waals surface area contributed by atoms with Crippen LogP contribution in [0, 0.1) is 0 Å². The van der Waals surface area contributed by atoms with Gasteiger partial charge in [0.1, 0.15) is 12.0 Å². The highest BCUT2D eigenvalue weighted by atomic mass is 19.4. The van der Waals surface area contributed by atoms with Gasteiger partial charge in [-0.1, -0.05) is 30.3 Å². The van der Waals surface area contributed by atoms with Gasteiger partial charge in [-0.2, -0.15) is 13.2 Å². The minimum Gasteiger partial charge on any atom is -0.494 e. The molecule has 1 aromatic heterocycles. The molecule has 0 fully saturated rings. The van der Waals surface area contributed by atoms with Crippen LogP contribution in [0.1, 0.15) is 40.0 Å². The van der Waals surface area contributed by atoms with E-state index in [2.05, 4.69) is 4.98 Å². The first-order valence-electron chi connectivity index (χ1n) is 9.52. The van der Waals surface area contributed by atoms with Gasteiger partial charge in [0, 0.05) is 13.1 Å². The van der Waals surface area contributed by atoms with Gasteiger partial charge in [-0.05, 0) is 36.2 Å². The van der Waals surface area contributed by atoms with Crippen LogP contribution in [0.4, 0.5) is 13.2 Å². The fourth-order valence-corrected chi connectivity index (χ4v) is 3.06. The minimum absolute atomic E-state index is 0.122. The average molecular weight is 434 g/mol. The number of oxazole rings is 1. The van der Waals surface area contributed by atoms with E-state index in [1.54, 1.807) is 6.07 Å². The molecule has 2 aromatic carbocycles. The highest BCUT2D eigenvalue weighted by molar-refractivity contribution is 5.84. The summed E-state index contributed by atoms with van der Waals surface area (Å²) in [4.78, 5) is 16.8. The van der Waals surface area contributed by atoms with E-state index in [1.165, 1.54) is 6.07 Å². The number of hydrogen-bond acceptors (Lipinski definition) is 5. The summed E-state index contributed by atoms with van der Waals surface area (Å²) in [5, 5.41) is 9.02. The van der Waals surface area contributed by atoms with Crippen molar-refractivity contribution in [3.05, 3.63) is 83.1 Å². The molecule has 164 valence electrons. The Kier molecular flexibility index (Phi) is 6.96. The van der Waals surface area contributed by atoms with Gasteiger partial charge >= 0.3 is 12.1 Å². The minimum atomic E-state index is -4.44. The van der Waals surface area contributed by atoms with Gasteiger partial charge in [-0.25, -0.2) is 9.78 Å². The summed E-state index contributed by atoms with van der Waals surface area (Å²) in [6.07, 6.45) is -3.40. The number of rotatable bonds is 9. The van der Waals surface area contributed by atoms with Crippen molar-refractivity contribution in [3.8, 4) is 5.75 Å². The molecule has 0 radical (unpaired) electrons. The van der Waals surface area contributed by atoms with Crippen molar-refractivity contribution in [2.75, 3.05) is 6.61 Å². The maximum absolute atomic E-state index is 13.1. The summed E-state index contributed by atoms with van der Waals surface area (Å²) in [5.74, 6) is -0.337. The van der Waals surface area contributed by atoms with Crippen LogP contribution in [0.25, 0.3) is 0 Å². The van der Waals surface area contributed by atoms with Gasteiger partial charge in [0.25, 0.3) is 0 Å². The third kappa shape index (κ3) is 6.32. The molecule has 0 atom stereocenters. The van der Waals surface area contributed by atoms with E-state index >= 15 is 0 Å². The van der Waals surface area contributed by atoms with Crippen LogP contribution in [0.5, 0.6) is 5.75 Å². The third-order valence-corrected chi connectivity index (χ3v) is 4.43. The molecular formula is C22H21F3N2O4. The van der Waals surface area contributed by atoms with E-state index in [1.807, 2.05) is 36.1 Å². The van der Waals surface area contributed by atoms with Crippen molar-refractivity contribution in [2.45, 2.75) is 32.7 Å². The van der Waals surface area contributed by atoms with Gasteiger partial charge in [-0.3, -0.25) is 4.90 Å². The fraction of sp³-hybridized carbons (Fsp3) is 0.273. The molecule has 0 bridgehead atoms. The second-order valence-electron chi connectivity index (χ2n) is 6.85. The lowest BCUT2D eigenvalue weighted by atomic mass is 10.1. The van der Waals surface area contributed by atoms with Gasteiger partial charge in [-0.15, -0.1) is 0 Å². The smallest absolute Gasteiger partial charge is 0.416 e. The molecule has 1 N–H and O–H groups in total. The first-order valence-corrected chi connectivity index (χ1v) is 9.52. The zero-order valence-electron chi connectivity index (χ0n) is 16.7. The second kappa shape index (κ2) is 9.65. The number of nitrogens with zero attached hydrogens (tertiary/aromatic N) is 2. The van der Waals surface area contributed by atoms with Gasteiger partial charge in [0.05, 0.1) is 18.7 Å². The number of carboxylic acids is 1. The number of alkyl halides is 3. The van der Waals surface area contributed by atoms with E-state index in [0.717, 1.165) is 29.7 Å². The zero-order valence-corrected chi connectivity index (χ0v) is 16.7. The number of halogens is 3. The molecule has 0 spiro atoms. The van der Waals surface area contributed by atoms with Crippen LogP contribution in [-0.4, -0.2) is 27.6 Å². The fourth-order valence-electron chi connectivity index (χ4n) is 3.06. The lowest BCUT2D eigenvalue weighted by Gasteiger charge is -2.22. The van der Waals surface area contributed by atoms with E-state index in [0.29, 0.717) is 18.7 Å². The summed E-state index contributed by atoms with van der Waals surface area (Å²) in [6.45, 7) is 3.11. The summed E-state index contributed by atoms with van der Waals surface area (Å²) in [6, 6.07) is 12.4. The number of hydrogen-bond donors (Lipinski definition) is 1. The maximum atomic E-state index is 13.1. The zero-order chi connectivity index (χ0) is 22.4. The Hall–Kier alpha value is -3.33. The highest BCUT2D eigenvalue weighted by Crippen LogP contribution is 2.30. The van der Waals surface area contributed by atoms with Gasteiger partial charge in [0.15, 0.2) is 5.69 Å². The van der Waals surface area contributed by atoms with Crippen LogP contribution in [-0.2, 0) is 25.8 Å². The van der Waals surface area contributed by atoms with E-state index < -0.39 is 17.7 Å². The van der Waals surface area contributed by atoms with E-state index in [4.69, 9.17) is 14.3 Å². The molecule has 0 aliphatic heterocycles. The lowest BCUT2D eigenvalue weighted by molar-refractivity contribution is -0.137.